The van der Waals surface area contributed by atoms with Crippen molar-refractivity contribution in [3.8, 4) is 0 Å². The van der Waals surface area contributed by atoms with Gasteiger partial charge in [-0.3, -0.25) is 0 Å². The Morgan fingerprint density at radius 2 is 1.59 bits per heavy atom. The van der Waals surface area contributed by atoms with Crippen molar-refractivity contribution in [3.63, 3.8) is 0 Å². The molecule has 0 spiro atoms. The van der Waals surface area contributed by atoms with E-state index in [2.05, 4.69) is 0 Å². The van der Waals surface area contributed by atoms with Gasteiger partial charge in [-0.25, -0.2) is 0 Å². The van der Waals surface area contributed by atoms with Crippen molar-refractivity contribution in [2.45, 2.75) is 0 Å². The molecule has 2 aromatic carbocycles. The van der Waals surface area contributed by atoms with Crippen LogP contribution in [-0.2, 0) is 0 Å². The van der Waals surface area contributed by atoms with Crippen molar-refractivity contribution in [1.82, 2.24) is 0 Å². The Bertz CT molecular complexity index is 745. The maximum atomic E-state index is 6.16. The van der Waals surface area contributed by atoms with E-state index in [4.69, 9.17) is 50.8 Å². The molecular weight excluding hydrogens is 302 g/mol. The van der Waals surface area contributed by atoms with Gasteiger partial charge in [0.1, 0.15) is 10.6 Å². The number of hydrogen-bond donors (Lipinski definition) is 0. The molecule has 1 aromatic heterocycles. The Labute approximate surface area is 117 Å². The minimum absolute atomic E-state index is 0.346. The van der Waals surface area contributed by atoms with Gasteiger partial charge in [0.25, 0.3) is 0 Å². The molecule has 5 heteroatoms. The van der Waals surface area contributed by atoms with Crippen molar-refractivity contribution in [1.29, 1.82) is 0 Å². The van der Waals surface area contributed by atoms with E-state index in [1.54, 1.807) is 18.2 Å². The molecule has 0 radical (unpaired) electrons. The first-order valence-corrected chi connectivity index (χ1v) is 6.25. The van der Waals surface area contributed by atoms with Crippen LogP contribution in [0, 0.1) is 0 Å². The highest BCUT2D eigenvalue weighted by atomic mass is 35.5. The van der Waals surface area contributed by atoms with E-state index in [-0.39, 0.29) is 0 Å². The van der Waals surface area contributed by atoms with Crippen LogP contribution in [0.3, 0.4) is 0 Å². The summed E-state index contributed by atoms with van der Waals surface area (Å²) in [5, 5.41) is 3.20. The number of rotatable bonds is 0. The van der Waals surface area contributed by atoms with Gasteiger partial charge in [-0.1, -0.05) is 52.5 Å². The van der Waals surface area contributed by atoms with Crippen LogP contribution >= 0.6 is 46.4 Å². The van der Waals surface area contributed by atoms with Crippen molar-refractivity contribution in [2.75, 3.05) is 0 Å². The molecule has 0 aliphatic heterocycles. The van der Waals surface area contributed by atoms with Crippen molar-refractivity contribution in [3.05, 3.63) is 44.4 Å². The lowest BCUT2D eigenvalue weighted by atomic mass is 10.1. The van der Waals surface area contributed by atoms with E-state index in [1.807, 2.05) is 6.07 Å². The molecule has 0 N–H and O–H groups in total. The summed E-state index contributed by atoms with van der Waals surface area (Å²) in [7, 11) is 0. The van der Waals surface area contributed by atoms with Crippen LogP contribution in [0.4, 0.5) is 0 Å². The van der Waals surface area contributed by atoms with Gasteiger partial charge >= 0.3 is 0 Å². The normalized spacial score (nSPS) is 11.5. The van der Waals surface area contributed by atoms with Gasteiger partial charge in [-0.2, -0.15) is 0 Å². The number of hydrogen-bond acceptors (Lipinski definition) is 1. The van der Waals surface area contributed by atoms with Gasteiger partial charge < -0.3 is 4.42 Å². The molecule has 0 amide bonds. The monoisotopic (exact) mass is 304 g/mol. The predicted molar refractivity (Wildman–Crippen MR) is 73.8 cm³/mol. The average Bonchev–Trinajstić information content (AvgIpc) is 2.67. The fraction of sp³-hybridized carbons (Fsp3) is 0. The molecule has 1 nitrogen and oxygen atoms in total. The fourth-order valence-electron chi connectivity index (χ4n) is 1.84. The third-order valence-corrected chi connectivity index (χ3v) is 3.95. The number of fused-ring (bicyclic) bond motifs is 3. The topological polar surface area (TPSA) is 13.1 Å². The first-order chi connectivity index (χ1) is 8.09. The summed E-state index contributed by atoms with van der Waals surface area (Å²) in [5.41, 5.74) is 1.10. The van der Waals surface area contributed by atoms with Crippen molar-refractivity contribution < 1.29 is 4.42 Å². The summed E-state index contributed by atoms with van der Waals surface area (Å²) in [6.45, 7) is 0. The lowest BCUT2D eigenvalue weighted by Gasteiger charge is -1.99. The second kappa shape index (κ2) is 3.96. The van der Waals surface area contributed by atoms with Crippen molar-refractivity contribution in [2.24, 2.45) is 0 Å². The third-order valence-electron chi connectivity index (χ3n) is 2.57. The summed E-state index contributed by atoms with van der Waals surface area (Å²) in [6.07, 6.45) is 0. The van der Waals surface area contributed by atoms with Crippen LogP contribution in [0.15, 0.2) is 28.7 Å². The number of benzene rings is 2. The first kappa shape index (κ1) is 11.5. The summed E-state index contributed by atoms with van der Waals surface area (Å²) >= 11 is 24.4. The van der Waals surface area contributed by atoms with E-state index >= 15 is 0 Å². The van der Waals surface area contributed by atoms with E-state index in [9.17, 15) is 0 Å². The fourth-order valence-corrected chi connectivity index (χ4v) is 2.83. The molecule has 0 unspecified atom stereocenters. The molecule has 1 heterocycles. The molecule has 17 heavy (non-hydrogen) atoms. The van der Waals surface area contributed by atoms with Crippen LogP contribution in [0.5, 0.6) is 0 Å². The average molecular weight is 306 g/mol. The summed E-state index contributed by atoms with van der Waals surface area (Å²) in [5.74, 6) is 0. The van der Waals surface area contributed by atoms with E-state index in [0.29, 0.717) is 36.6 Å². The zero-order valence-electron chi connectivity index (χ0n) is 8.23. The van der Waals surface area contributed by atoms with Gasteiger partial charge in [0, 0.05) is 10.8 Å². The molecule has 3 rings (SSSR count). The second-order valence-electron chi connectivity index (χ2n) is 3.57. The molecule has 0 atom stereocenters. The van der Waals surface area contributed by atoms with Gasteiger partial charge in [-0.05, 0) is 18.2 Å². The summed E-state index contributed by atoms with van der Waals surface area (Å²) in [6, 6.07) is 6.97. The molecule has 0 saturated carbocycles. The van der Waals surface area contributed by atoms with Gasteiger partial charge in [0.15, 0.2) is 5.58 Å². The highest BCUT2D eigenvalue weighted by Gasteiger charge is 2.17. The molecule has 86 valence electrons. The first-order valence-electron chi connectivity index (χ1n) is 4.74. The zero-order valence-corrected chi connectivity index (χ0v) is 11.3. The van der Waals surface area contributed by atoms with Crippen LogP contribution in [-0.4, -0.2) is 0 Å². The van der Waals surface area contributed by atoms with Crippen LogP contribution < -0.4 is 0 Å². The molecule has 3 aromatic rings. The lowest BCUT2D eigenvalue weighted by Crippen LogP contribution is -1.74. The summed E-state index contributed by atoms with van der Waals surface area (Å²) in [4.78, 5) is 0. The van der Waals surface area contributed by atoms with Crippen LogP contribution in [0.25, 0.3) is 21.9 Å². The lowest BCUT2D eigenvalue weighted by molar-refractivity contribution is 0.669. The molecule has 0 saturated heterocycles. The molecule has 0 fully saturated rings. The molecule has 0 aliphatic rings. The van der Waals surface area contributed by atoms with E-state index in [1.165, 1.54) is 0 Å². The zero-order chi connectivity index (χ0) is 12.2. The van der Waals surface area contributed by atoms with Crippen LogP contribution in [0.1, 0.15) is 0 Å². The van der Waals surface area contributed by atoms with Crippen molar-refractivity contribution >= 4 is 68.3 Å². The Morgan fingerprint density at radius 3 is 2.35 bits per heavy atom. The highest BCUT2D eigenvalue weighted by molar-refractivity contribution is 6.49. The smallest absolute Gasteiger partial charge is 0.157 e. The highest BCUT2D eigenvalue weighted by Crippen LogP contribution is 2.43. The predicted octanol–water partition coefficient (Wildman–Crippen LogP) is 6.20. The van der Waals surface area contributed by atoms with E-state index in [0.717, 1.165) is 5.39 Å². The SMILES string of the molecule is Clc1cc(Cl)c2c(oc3cccc(Cl)c32)c1Cl. The Hall–Kier alpha value is -0.600. The largest absolute Gasteiger partial charge is 0.454 e. The standard InChI is InChI=1S/C12H4Cl4O/c13-5-2-1-3-8-9(5)10-6(14)4-7(15)11(16)12(10)17-8/h1-4H. The minimum Gasteiger partial charge on any atom is -0.454 e. The Balaban J connectivity index is 2.67. The van der Waals surface area contributed by atoms with Gasteiger partial charge in [0.2, 0.25) is 0 Å². The minimum atomic E-state index is 0.346. The van der Waals surface area contributed by atoms with Crippen LogP contribution in [0.2, 0.25) is 20.1 Å². The Kier molecular flexibility index (Phi) is 2.68. The van der Waals surface area contributed by atoms with Gasteiger partial charge in [0.05, 0.1) is 15.1 Å². The summed E-state index contributed by atoms with van der Waals surface area (Å²) < 4.78 is 5.64. The third kappa shape index (κ3) is 1.61. The molecule has 0 bridgehead atoms. The second-order valence-corrected chi connectivity index (χ2v) is 5.17. The number of furan rings is 1. The quantitative estimate of drug-likeness (QED) is 0.451. The maximum absolute atomic E-state index is 6.16. The van der Waals surface area contributed by atoms with E-state index < -0.39 is 0 Å². The Morgan fingerprint density at radius 1 is 0.824 bits per heavy atom. The number of halogens is 4. The maximum Gasteiger partial charge on any atom is 0.157 e. The van der Waals surface area contributed by atoms with Gasteiger partial charge in [-0.15, -0.1) is 0 Å². The molecule has 0 aliphatic carbocycles. The molecular formula is C12H4Cl4O.